The Morgan fingerprint density at radius 1 is 1.46 bits per heavy atom. The Hall–Kier alpha value is -1.58. The van der Waals surface area contributed by atoms with Crippen molar-refractivity contribution in [2.24, 2.45) is 5.73 Å². The van der Waals surface area contributed by atoms with Gasteiger partial charge in [0.25, 0.3) is 0 Å². The van der Waals surface area contributed by atoms with Crippen molar-refractivity contribution < 1.29 is 19.5 Å². The number of amides is 2. The molecule has 2 amide bonds. The second kappa shape index (κ2) is 6.05. The zero-order valence-electron chi connectivity index (χ0n) is 13.3. The maximum absolute atomic E-state index is 12.3. The molecular weight excluding hydrogens is 350 g/mol. The van der Waals surface area contributed by atoms with Gasteiger partial charge >= 0.3 is 5.97 Å². The highest BCUT2D eigenvalue weighted by molar-refractivity contribution is 8.01. The van der Waals surface area contributed by atoms with Crippen molar-refractivity contribution in [3.8, 4) is 0 Å². The first-order valence-corrected chi connectivity index (χ1v) is 9.29. The minimum atomic E-state index is -1.01. The average molecular weight is 369 g/mol. The first-order valence-electron chi connectivity index (χ1n) is 7.53. The van der Waals surface area contributed by atoms with Gasteiger partial charge in [0.15, 0.2) is 0 Å². The van der Waals surface area contributed by atoms with Crippen molar-refractivity contribution >= 4 is 40.9 Å². The molecule has 3 atom stereocenters. The van der Waals surface area contributed by atoms with Crippen LogP contribution in [0.5, 0.6) is 0 Å². The first-order chi connectivity index (χ1) is 11.3. The van der Waals surface area contributed by atoms with E-state index < -0.39 is 22.8 Å². The van der Waals surface area contributed by atoms with Crippen LogP contribution >= 0.6 is 23.1 Å². The molecule has 4 N–H and O–H groups in total. The van der Waals surface area contributed by atoms with Gasteiger partial charge in [-0.2, -0.15) is 0 Å². The number of β-lactam (4-membered cyclic amide) rings is 1. The quantitative estimate of drug-likeness (QED) is 0.647. The van der Waals surface area contributed by atoms with Crippen molar-refractivity contribution in [1.29, 1.82) is 0 Å². The minimum Gasteiger partial charge on any atom is -0.480 e. The molecule has 0 unspecified atom stereocenters. The Morgan fingerprint density at radius 3 is 2.79 bits per heavy atom. The molecule has 3 heterocycles. The third kappa shape index (κ3) is 2.70. The molecular formula is C15H19N3O4S2. The Bertz CT molecular complexity index is 703. The maximum atomic E-state index is 12.3. The van der Waals surface area contributed by atoms with Gasteiger partial charge in [-0.1, -0.05) is 0 Å². The number of nitrogens with two attached hydrogens (primary N) is 1. The van der Waals surface area contributed by atoms with Gasteiger partial charge in [-0.05, 0) is 30.9 Å². The molecule has 2 saturated heterocycles. The van der Waals surface area contributed by atoms with Crippen molar-refractivity contribution in [3.63, 3.8) is 0 Å². The molecule has 0 radical (unpaired) electrons. The molecule has 0 spiro atoms. The largest absolute Gasteiger partial charge is 0.480 e. The van der Waals surface area contributed by atoms with E-state index in [0.717, 1.165) is 10.4 Å². The summed E-state index contributed by atoms with van der Waals surface area (Å²) in [6, 6.07) is 0.329. The maximum Gasteiger partial charge on any atom is 0.327 e. The molecule has 0 aromatic carbocycles. The van der Waals surface area contributed by atoms with Crippen LogP contribution in [0.3, 0.4) is 0 Å². The lowest BCUT2D eigenvalue weighted by molar-refractivity contribution is -0.161. The number of fused-ring (bicyclic) bond motifs is 1. The minimum absolute atomic E-state index is 0.170. The number of rotatable bonds is 5. The van der Waals surface area contributed by atoms with Crippen LogP contribution in [0.2, 0.25) is 0 Å². The lowest BCUT2D eigenvalue weighted by Gasteiger charge is -2.43. The molecule has 2 fully saturated rings. The van der Waals surface area contributed by atoms with Crippen LogP contribution in [0.25, 0.3) is 0 Å². The van der Waals surface area contributed by atoms with Gasteiger partial charge in [-0.3, -0.25) is 9.59 Å². The van der Waals surface area contributed by atoms with Gasteiger partial charge in [0.2, 0.25) is 11.8 Å². The molecule has 3 rings (SSSR count). The number of nitrogens with one attached hydrogen (secondary N) is 1. The lowest BCUT2D eigenvalue weighted by Crippen LogP contribution is -2.70. The highest BCUT2D eigenvalue weighted by atomic mass is 32.2. The fraction of sp³-hybridized carbons (Fsp3) is 0.533. The number of carboxylic acid groups (broad SMARTS) is 1. The summed E-state index contributed by atoms with van der Waals surface area (Å²) < 4.78 is -0.592. The predicted molar refractivity (Wildman–Crippen MR) is 91.6 cm³/mol. The second-order valence-corrected chi connectivity index (χ2v) is 9.16. The van der Waals surface area contributed by atoms with E-state index in [1.807, 2.05) is 11.4 Å². The van der Waals surface area contributed by atoms with E-state index >= 15 is 0 Å². The normalized spacial score (nSPS) is 27.5. The van der Waals surface area contributed by atoms with Crippen LogP contribution in [0, 0.1) is 0 Å². The highest BCUT2D eigenvalue weighted by Gasteiger charge is 2.64. The molecule has 9 heteroatoms. The summed E-state index contributed by atoms with van der Waals surface area (Å²) in [5, 5.41) is 13.7. The first kappa shape index (κ1) is 17.2. The topological polar surface area (TPSA) is 113 Å². The Kier molecular flexibility index (Phi) is 4.35. The van der Waals surface area contributed by atoms with Gasteiger partial charge < -0.3 is 21.1 Å². The fourth-order valence-corrected chi connectivity index (χ4v) is 5.66. The van der Waals surface area contributed by atoms with Crippen LogP contribution in [0.15, 0.2) is 11.4 Å². The predicted octanol–water partition coefficient (Wildman–Crippen LogP) is 0.381. The van der Waals surface area contributed by atoms with Gasteiger partial charge in [-0.25, -0.2) is 4.79 Å². The Balaban J connectivity index is 1.67. The number of hydrogen-bond donors (Lipinski definition) is 3. The summed E-state index contributed by atoms with van der Waals surface area (Å²) in [6.07, 6.45) is 0.170. The third-order valence-corrected chi connectivity index (χ3v) is 6.92. The van der Waals surface area contributed by atoms with Gasteiger partial charge in [-0.15, -0.1) is 23.1 Å². The number of carbonyl (C=O) groups excluding carboxylic acids is 2. The molecule has 2 aliphatic rings. The summed E-state index contributed by atoms with van der Waals surface area (Å²) in [4.78, 5) is 38.4. The van der Waals surface area contributed by atoms with Crippen LogP contribution < -0.4 is 11.1 Å². The van der Waals surface area contributed by atoms with E-state index in [4.69, 9.17) is 5.73 Å². The van der Waals surface area contributed by atoms with E-state index in [2.05, 4.69) is 5.32 Å². The number of nitrogens with zero attached hydrogens (tertiary/aromatic N) is 1. The van der Waals surface area contributed by atoms with Crippen molar-refractivity contribution in [2.75, 3.05) is 0 Å². The highest BCUT2D eigenvalue weighted by Crippen LogP contribution is 2.50. The number of carboxylic acids is 1. The summed E-state index contributed by atoms with van der Waals surface area (Å²) in [6.45, 7) is 3.99. The second-order valence-electron chi connectivity index (χ2n) is 6.39. The van der Waals surface area contributed by atoms with E-state index in [9.17, 15) is 19.5 Å². The van der Waals surface area contributed by atoms with Crippen LogP contribution in [-0.4, -0.2) is 50.0 Å². The molecule has 130 valence electrons. The Morgan fingerprint density at radius 2 is 2.17 bits per heavy atom. The summed E-state index contributed by atoms with van der Waals surface area (Å²) in [5.74, 6) is -1.60. The lowest BCUT2D eigenvalue weighted by atomic mass is 9.96. The van der Waals surface area contributed by atoms with Gasteiger partial charge in [0, 0.05) is 16.2 Å². The van der Waals surface area contributed by atoms with E-state index in [0.29, 0.717) is 6.54 Å². The smallest absolute Gasteiger partial charge is 0.327 e. The average Bonchev–Trinajstić information content (AvgIpc) is 3.04. The van der Waals surface area contributed by atoms with E-state index in [1.165, 1.54) is 28.0 Å². The number of carbonyl (C=O) groups is 3. The molecule has 2 aliphatic heterocycles. The summed E-state index contributed by atoms with van der Waals surface area (Å²) in [5.41, 5.74) is 6.50. The number of thiophene rings is 1. The van der Waals surface area contributed by atoms with E-state index in [-0.39, 0.29) is 23.6 Å². The zero-order valence-corrected chi connectivity index (χ0v) is 14.9. The molecule has 7 nitrogen and oxygen atoms in total. The van der Waals surface area contributed by atoms with Crippen molar-refractivity contribution in [2.45, 2.75) is 49.0 Å². The molecule has 0 saturated carbocycles. The molecule has 1 aromatic rings. The monoisotopic (exact) mass is 369 g/mol. The Labute approximate surface area is 147 Å². The van der Waals surface area contributed by atoms with Crippen molar-refractivity contribution in [3.05, 3.63) is 21.9 Å². The third-order valence-electron chi connectivity index (χ3n) is 4.37. The zero-order chi connectivity index (χ0) is 17.6. The SMILES string of the molecule is CC1(C)S[C@@H]2[C@H](NC(=O)Cc3ccsc3CN)C(=O)N2[C@H]1C(=O)O. The molecule has 1 aromatic heterocycles. The van der Waals surface area contributed by atoms with Crippen LogP contribution in [0.4, 0.5) is 0 Å². The van der Waals surface area contributed by atoms with Gasteiger partial charge in [0.1, 0.15) is 17.5 Å². The number of thioether (sulfide) groups is 1. The van der Waals surface area contributed by atoms with E-state index in [1.54, 1.807) is 13.8 Å². The standard InChI is InChI=1S/C15H19N3O4S2/c1-15(2)11(14(21)22)18-12(20)10(13(18)24-15)17-9(19)5-7-3-4-23-8(7)6-16/h3-4,10-11,13H,5-6,16H2,1-2H3,(H,17,19)(H,21,22)/t10-,11+,13-/m1/s1. The molecule has 0 bridgehead atoms. The molecule has 24 heavy (non-hydrogen) atoms. The number of aliphatic carboxylic acids is 1. The molecule has 0 aliphatic carbocycles. The van der Waals surface area contributed by atoms with Crippen LogP contribution in [0.1, 0.15) is 24.3 Å². The fourth-order valence-electron chi connectivity index (χ4n) is 3.25. The summed E-state index contributed by atoms with van der Waals surface area (Å²) >= 11 is 2.91. The summed E-state index contributed by atoms with van der Waals surface area (Å²) in [7, 11) is 0. The number of hydrogen-bond acceptors (Lipinski definition) is 6. The van der Waals surface area contributed by atoms with Crippen LogP contribution in [-0.2, 0) is 27.3 Å². The van der Waals surface area contributed by atoms with Gasteiger partial charge in [0.05, 0.1) is 6.42 Å². The van der Waals surface area contributed by atoms with Crippen molar-refractivity contribution in [1.82, 2.24) is 10.2 Å².